The molecule has 0 unspecified atom stereocenters. The Balaban J connectivity index is 1.97. The number of hydrogen-bond donors (Lipinski definition) is 3. The Morgan fingerprint density at radius 1 is 1.17 bits per heavy atom. The molecule has 6 heteroatoms. The highest BCUT2D eigenvalue weighted by Gasteiger charge is 1.98. The van der Waals surface area contributed by atoms with Crippen molar-refractivity contribution in [1.29, 1.82) is 0 Å². The first-order valence-corrected chi connectivity index (χ1v) is 5.47. The van der Waals surface area contributed by atoms with Crippen LogP contribution in [0.15, 0.2) is 36.7 Å². The van der Waals surface area contributed by atoms with Crippen molar-refractivity contribution >= 4 is 11.6 Å². The molecule has 0 fully saturated rings. The maximum Gasteiger partial charge on any atom is 0.160 e. The Morgan fingerprint density at radius 3 is 2.56 bits per heavy atom. The highest BCUT2D eigenvalue weighted by Crippen LogP contribution is 2.13. The van der Waals surface area contributed by atoms with E-state index in [-0.39, 0.29) is 0 Å². The normalized spacial score (nSPS) is 9.89. The first-order valence-electron chi connectivity index (χ1n) is 5.47. The minimum atomic E-state index is 0.523. The van der Waals surface area contributed by atoms with Crippen molar-refractivity contribution in [3.63, 3.8) is 0 Å². The Hall–Kier alpha value is -2.34. The molecule has 0 amide bonds. The van der Waals surface area contributed by atoms with Gasteiger partial charge < -0.3 is 15.5 Å². The van der Waals surface area contributed by atoms with Crippen molar-refractivity contribution < 1.29 is 4.74 Å². The van der Waals surface area contributed by atoms with Gasteiger partial charge in [0.15, 0.2) is 5.82 Å². The van der Waals surface area contributed by atoms with Crippen LogP contribution in [-0.4, -0.2) is 17.1 Å². The number of hydrazine groups is 1. The Bertz CT molecular complexity index is 500. The van der Waals surface area contributed by atoms with E-state index in [1.54, 1.807) is 19.5 Å². The third-order valence-electron chi connectivity index (χ3n) is 2.42. The van der Waals surface area contributed by atoms with Gasteiger partial charge in [0.1, 0.15) is 11.6 Å². The maximum absolute atomic E-state index is 5.26. The van der Waals surface area contributed by atoms with Gasteiger partial charge in [0.25, 0.3) is 0 Å². The van der Waals surface area contributed by atoms with Crippen molar-refractivity contribution in [3.8, 4) is 5.75 Å². The monoisotopic (exact) mass is 245 g/mol. The van der Waals surface area contributed by atoms with E-state index < -0.39 is 0 Å². The standard InChI is InChI=1S/C12H15N5O/c1-18-10-4-2-9(3-5-10)6-15-11-7-14-8-12(16-11)17-13/h2-5,7-8H,6,13H2,1H3,(H2,15,16,17). The van der Waals surface area contributed by atoms with Crippen molar-refractivity contribution in [2.45, 2.75) is 6.54 Å². The summed E-state index contributed by atoms with van der Waals surface area (Å²) in [6, 6.07) is 7.82. The number of ether oxygens (including phenoxy) is 1. The van der Waals surface area contributed by atoms with Crippen molar-refractivity contribution in [1.82, 2.24) is 9.97 Å². The highest BCUT2D eigenvalue weighted by molar-refractivity contribution is 5.41. The predicted octanol–water partition coefficient (Wildman–Crippen LogP) is 1.38. The Morgan fingerprint density at radius 2 is 1.89 bits per heavy atom. The van der Waals surface area contributed by atoms with E-state index >= 15 is 0 Å². The van der Waals surface area contributed by atoms with E-state index in [0.717, 1.165) is 11.3 Å². The van der Waals surface area contributed by atoms with Crippen LogP contribution < -0.4 is 21.3 Å². The molecule has 0 bridgehead atoms. The van der Waals surface area contributed by atoms with Gasteiger partial charge in [-0.3, -0.25) is 4.98 Å². The number of benzene rings is 1. The molecule has 0 atom stereocenters. The van der Waals surface area contributed by atoms with Gasteiger partial charge in [-0.25, -0.2) is 10.8 Å². The third-order valence-corrected chi connectivity index (χ3v) is 2.42. The van der Waals surface area contributed by atoms with Crippen LogP contribution >= 0.6 is 0 Å². The molecule has 4 N–H and O–H groups in total. The number of hydrogen-bond acceptors (Lipinski definition) is 6. The lowest BCUT2D eigenvalue weighted by molar-refractivity contribution is 0.414. The summed E-state index contributed by atoms with van der Waals surface area (Å²) in [4.78, 5) is 8.21. The topological polar surface area (TPSA) is 85.1 Å². The average molecular weight is 245 g/mol. The summed E-state index contributed by atoms with van der Waals surface area (Å²) in [6.07, 6.45) is 3.20. The molecule has 18 heavy (non-hydrogen) atoms. The lowest BCUT2D eigenvalue weighted by Crippen LogP contribution is -2.10. The molecule has 1 aromatic heterocycles. The Labute approximate surface area is 105 Å². The average Bonchev–Trinajstić information content (AvgIpc) is 2.46. The van der Waals surface area contributed by atoms with Crippen molar-refractivity contribution in [3.05, 3.63) is 42.2 Å². The maximum atomic E-state index is 5.26. The van der Waals surface area contributed by atoms with Crippen molar-refractivity contribution in [2.24, 2.45) is 5.84 Å². The molecule has 0 saturated carbocycles. The molecule has 6 nitrogen and oxygen atoms in total. The summed E-state index contributed by atoms with van der Waals surface area (Å²) < 4.78 is 5.10. The second kappa shape index (κ2) is 5.83. The van der Waals surface area contributed by atoms with Gasteiger partial charge in [0.05, 0.1) is 19.5 Å². The summed E-state index contributed by atoms with van der Waals surface area (Å²) in [5.74, 6) is 7.30. The van der Waals surface area contributed by atoms with E-state index in [1.807, 2.05) is 24.3 Å². The van der Waals surface area contributed by atoms with E-state index in [0.29, 0.717) is 18.2 Å². The number of nitrogens with zero attached hydrogens (tertiary/aromatic N) is 2. The molecule has 0 aliphatic carbocycles. The molecular weight excluding hydrogens is 230 g/mol. The van der Waals surface area contributed by atoms with Crippen LogP contribution in [-0.2, 0) is 6.54 Å². The van der Waals surface area contributed by atoms with E-state index in [4.69, 9.17) is 10.6 Å². The van der Waals surface area contributed by atoms with Gasteiger partial charge in [-0.05, 0) is 17.7 Å². The first kappa shape index (κ1) is 12.1. The van der Waals surface area contributed by atoms with Crippen LogP contribution in [0.1, 0.15) is 5.56 Å². The van der Waals surface area contributed by atoms with Crippen LogP contribution in [0.25, 0.3) is 0 Å². The molecule has 2 aromatic rings. The number of rotatable bonds is 5. The zero-order valence-electron chi connectivity index (χ0n) is 10.1. The summed E-state index contributed by atoms with van der Waals surface area (Å²) >= 11 is 0. The molecule has 2 rings (SSSR count). The van der Waals surface area contributed by atoms with Gasteiger partial charge in [0.2, 0.25) is 0 Å². The lowest BCUT2D eigenvalue weighted by atomic mass is 10.2. The fourth-order valence-electron chi connectivity index (χ4n) is 1.46. The largest absolute Gasteiger partial charge is 0.497 e. The zero-order valence-corrected chi connectivity index (χ0v) is 10.1. The quantitative estimate of drug-likeness (QED) is 0.545. The second-order valence-electron chi connectivity index (χ2n) is 3.64. The molecular formula is C12H15N5O. The SMILES string of the molecule is COc1ccc(CNc2cncc(NN)n2)cc1. The summed E-state index contributed by atoms with van der Waals surface area (Å²) in [5, 5.41) is 3.16. The predicted molar refractivity (Wildman–Crippen MR) is 70.2 cm³/mol. The second-order valence-corrected chi connectivity index (χ2v) is 3.64. The molecule has 94 valence electrons. The van der Waals surface area contributed by atoms with Crippen molar-refractivity contribution in [2.75, 3.05) is 17.9 Å². The fourth-order valence-corrected chi connectivity index (χ4v) is 1.46. The van der Waals surface area contributed by atoms with Gasteiger partial charge in [0, 0.05) is 6.54 Å². The molecule has 1 heterocycles. The highest BCUT2D eigenvalue weighted by atomic mass is 16.5. The fraction of sp³-hybridized carbons (Fsp3) is 0.167. The zero-order chi connectivity index (χ0) is 12.8. The van der Waals surface area contributed by atoms with Gasteiger partial charge in [-0.1, -0.05) is 12.1 Å². The summed E-state index contributed by atoms with van der Waals surface area (Å²) in [5.41, 5.74) is 3.58. The lowest BCUT2D eigenvalue weighted by Gasteiger charge is -2.07. The molecule has 1 aromatic carbocycles. The van der Waals surface area contributed by atoms with Crippen LogP contribution in [0.3, 0.4) is 0 Å². The Kier molecular flexibility index (Phi) is 3.93. The smallest absolute Gasteiger partial charge is 0.160 e. The number of methoxy groups -OCH3 is 1. The van der Waals surface area contributed by atoms with E-state index in [1.165, 1.54) is 0 Å². The minimum absolute atomic E-state index is 0.523. The molecule has 0 radical (unpaired) electrons. The van der Waals surface area contributed by atoms with Crippen LogP contribution in [0.4, 0.5) is 11.6 Å². The number of nitrogen functional groups attached to an aromatic ring is 1. The van der Waals surface area contributed by atoms with Crippen LogP contribution in [0.2, 0.25) is 0 Å². The van der Waals surface area contributed by atoms with Gasteiger partial charge >= 0.3 is 0 Å². The first-order chi connectivity index (χ1) is 8.81. The van der Waals surface area contributed by atoms with E-state index in [2.05, 4.69) is 20.7 Å². The molecule has 0 spiro atoms. The van der Waals surface area contributed by atoms with E-state index in [9.17, 15) is 0 Å². The number of aromatic nitrogens is 2. The molecule has 0 aliphatic heterocycles. The summed E-state index contributed by atoms with van der Waals surface area (Å²) in [7, 11) is 1.65. The van der Waals surface area contributed by atoms with Crippen LogP contribution in [0, 0.1) is 0 Å². The molecule has 0 saturated heterocycles. The van der Waals surface area contributed by atoms with Gasteiger partial charge in [-0.15, -0.1) is 0 Å². The minimum Gasteiger partial charge on any atom is -0.497 e. The number of nitrogens with one attached hydrogen (secondary N) is 2. The molecule has 0 aliphatic rings. The van der Waals surface area contributed by atoms with Gasteiger partial charge in [-0.2, -0.15) is 0 Å². The summed E-state index contributed by atoms with van der Waals surface area (Å²) in [6.45, 7) is 0.659. The third kappa shape index (κ3) is 3.08. The van der Waals surface area contributed by atoms with Crippen LogP contribution in [0.5, 0.6) is 5.75 Å². The number of nitrogens with two attached hydrogens (primary N) is 1. The number of anilines is 2.